The molecular weight excluding hydrogens is 234 g/mol. The van der Waals surface area contributed by atoms with Gasteiger partial charge in [-0.25, -0.2) is 9.78 Å². The molecule has 0 amide bonds. The van der Waals surface area contributed by atoms with E-state index < -0.39 is 5.97 Å². The number of aromatic nitrogens is 2. The van der Waals surface area contributed by atoms with E-state index in [0.717, 1.165) is 0 Å². The Morgan fingerprint density at radius 1 is 1.56 bits per heavy atom. The first-order chi connectivity index (χ1) is 8.51. The maximum atomic E-state index is 11.6. The Balaban J connectivity index is 2.90. The van der Waals surface area contributed by atoms with E-state index in [1.54, 1.807) is 14.0 Å². The molecule has 1 atom stereocenters. The first-order valence-electron chi connectivity index (χ1n) is 5.99. The third kappa shape index (κ3) is 3.22. The number of carbonyl (C=O) groups is 1. The van der Waals surface area contributed by atoms with E-state index in [0.29, 0.717) is 37.3 Å². The molecule has 0 bridgehead atoms. The molecule has 0 fully saturated rings. The van der Waals surface area contributed by atoms with Crippen molar-refractivity contribution in [2.75, 3.05) is 26.1 Å². The van der Waals surface area contributed by atoms with Crippen LogP contribution in [0.15, 0.2) is 0 Å². The molecule has 0 aromatic carbocycles. The quantitative estimate of drug-likeness (QED) is 0.773. The fourth-order valence-electron chi connectivity index (χ4n) is 1.81. The number of carbonyl (C=O) groups excluding carboxylic acids is 1. The Kier molecular flexibility index (Phi) is 5.15. The van der Waals surface area contributed by atoms with Crippen molar-refractivity contribution in [2.24, 2.45) is 5.92 Å². The molecule has 0 radical (unpaired) electrons. The number of nitrogens with zero attached hydrogens (tertiary/aromatic N) is 2. The van der Waals surface area contributed by atoms with Gasteiger partial charge < -0.3 is 19.8 Å². The second-order valence-corrected chi connectivity index (χ2v) is 4.28. The summed E-state index contributed by atoms with van der Waals surface area (Å²) < 4.78 is 11.8. The SMILES string of the molecule is CCOC(=O)c1nc(C)n(CC(C)COC)c1N. The molecule has 6 nitrogen and oxygen atoms in total. The summed E-state index contributed by atoms with van der Waals surface area (Å²) in [5, 5.41) is 0. The normalized spacial score (nSPS) is 12.4. The fourth-order valence-corrected chi connectivity index (χ4v) is 1.81. The molecular formula is C12H21N3O3. The number of esters is 1. The molecule has 1 aromatic heterocycles. The van der Waals surface area contributed by atoms with E-state index in [1.807, 2.05) is 18.4 Å². The minimum absolute atomic E-state index is 0.193. The maximum absolute atomic E-state index is 11.6. The largest absolute Gasteiger partial charge is 0.461 e. The molecule has 0 aliphatic rings. The minimum atomic E-state index is -0.476. The molecule has 102 valence electrons. The van der Waals surface area contributed by atoms with Crippen LogP contribution in [0.3, 0.4) is 0 Å². The average molecular weight is 255 g/mol. The lowest BCUT2D eigenvalue weighted by Gasteiger charge is -2.13. The highest BCUT2D eigenvalue weighted by Gasteiger charge is 2.20. The maximum Gasteiger partial charge on any atom is 0.360 e. The standard InChI is InChI=1S/C12H21N3O3/c1-5-18-12(16)10-11(13)15(9(3)14-10)6-8(2)7-17-4/h8H,5-7,13H2,1-4H3. The minimum Gasteiger partial charge on any atom is -0.461 e. The lowest BCUT2D eigenvalue weighted by molar-refractivity contribution is 0.0521. The fraction of sp³-hybridized carbons (Fsp3) is 0.667. The van der Waals surface area contributed by atoms with E-state index in [4.69, 9.17) is 15.2 Å². The van der Waals surface area contributed by atoms with Crippen LogP contribution >= 0.6 is 0 Å². The summed E-state index contributed by atoms with van der Waals surface area (Å²) in [4.78, 5) is 15.8. The number of nitrogen functional groups attached to an aromatic ring is 1. The lowest BCUT2D eigenvalue weighted by atomic mass is 10.2. The summed E-state index contributed by atoms with van der Waals surface area (Å²) in [7, 11) is 1.66. The van der Waals surface area contributed by atoms with Crippen molar-refractivity contribution in [3.63, 3.8) is 0 Å². The van der Waals surface area contributed by atoms with Gasteiger partial charge in [-0.15, -0.1) is 0 Å². The molecule has 18 heavy (non-hydrogen) atoms. The number of methoxy groups -OCH3 is 1. The van der Waals surface area contributed by atoms with Gasteiger partial charge in [-0.3, -0.25) is 0 Å². The number of imidazole rings is 1. The summed E-state index contributed by atoms with van der Waals surface area (Å²) in [5.74, 6) is 0.879. The molecule has 1 heterocycles. The van der Waals surface area contributed by atoms with E-state index in [2.05, 4.69) is 4.98 Å². The third-order valence-electron chi connectivity index (χ3n) is 2.61. The van der Waals surface area contributed by atoms with Crippen LogP contribution in [0, 0.1) is 12.8 Å². The zero-order chi connectivity index (χ0) is 13.7. The van der Waals surface area contributed by atoms with Gasteiger partial charge in [0.25, 0.3) is 0 Å². The highest BCUT2D eigenvalue weighted by atomic mass is 16.5. The first kappa shape index (κ1) is 14.5. The second-order valence-electron chi connectivity index (χ2n) is 4.28. The van der Waals surface area contributed by atoms with Crippen LogP contribution in [0.5, 0.6) is 0 Å². The molecule has 0 saturated carbocycles. The van der Waals surface area contributed by atoms with Crippen LogP contribution in [0.4, 0.5) is 5.82 Å². The molecule has 0 saturated heterocycles. The van der Waals surface area contributed by atoms with Gasteiger partial charge in [0.05, 0.1) is 13.2 Å². The Morgan fingerprint density at radius 2 is 2.22 bits per heavy atom. The molecule has 0 aliphatic heterocycles. The zero-order valence-electron chi connectivity index (χ0n) is 11.4. The van der Waals surface area contributed by atoms with Crippen molar-refractivity contribution < 1.29 is 14.3 Å². The Bertz CT molecular complexity index is 415. The highest BCUT2D eigenvalue weighted by molar-refractivity contribution is 5.92. The van der Waals surface area contributed by atoms with Crippen molar-refractivity contribution >= 4 is 11.8 Å². The predicted molar refractivity (Wildman–Crippen MR) is 68.4 cm³/mol. The second kappa shape index (κ2) is 6.39. The number of hydrogen-bond acceptors (Lipinski definition) is 5. The number of aryl methyl sites for hydroxylation is 1. The van der Waals surface area contributed by atoms with Gasteiger partial charge in [0.15, 0.2) is 5.69 Å². The number of ether oxygens (including phenoxy) is 2. The number of nitrogens with two attached hydrogens (primary N) is 1. The zero-order valence-corrected chi connectivity index (χ0v) is 11.4. The number of hydrogen-bond donors (Lipinski definition) is 1. The predicted octanol–water partition coefficient (Wildman–Crippen LogP) is 1.23. The van der Waals surface area contributed by atoms with Gasteiger partial charge in [-0.05, 0) is 19.8 Å². The van der Waals surface area contributed by atoms with Gasteiger partial charge >= 0.3 is 5.97 Å². The smallest absolute Gasteiger partial charge is 0.360 e. The van der Waals surface area contributed by atoms with E-state index in [-0.39, 0.29) is 5.69 Å². The van der Waals surface area contributed by atoms with E-state index >= 15 is 0 Å². The van der Waals surface area contributed by atoms with Gasteiger partial charge in [0, 0.05) is 13.7 Å². The molecule has 1 aromatic rings. The summed E-state index contributed by atoms with van der Waals surface area (Å²) in [6.45, 7) is 7.22. The third-order valence-corrected chi connectivity index (χ3v) is 2.61. The highest BCUT2D eigenvalue weighted by Crippen LogP contribution is 2.17. The lowest BCUT2D eigenvalue weighted by Crippen LogP contribution is -2.16. The molecule has 1 rings (SSSR count). The van der Waals surface area contributed by atoms with Crippen molar-refractivity contribution in [1.29, 1.82) is 0 Å². The molecule has 6 heteroatoms. The van der Waals surface area contributed by atoms with Crippen molar-refractivity contribution in [2.45, 2.75) is 27.3 Å². The van der Waals surface area contributed by atoms with Gasteiger partial charge in [-0.2, -0.15) is 0 Å². The summed E-state index contributed by atoms with van der Waals surface area (Å²) in [5.41, 5.74) is 6.13. The molecule has 1 unspecified atom stereocenters. The van der Waals surface area contributed by atoms with Crippen LogP contribution in [-0.4, -0.2) is 35.8 Å². The Labute approximate surface area is 107 Å². The van der Waals surface area contributed by atoms with Crippen LogP contribution in [0.2, 0.25) is 0 Å². The Hall–Kier alpha value is -1.56. The molecule has 0 aliphatic carbocycles. The van der Waals surface area contributed by atoms with Crippen LogP contribution in [0.1, 0.15) is 30.2 Å². The molecule has 2 N–H and O–H groups in total. The van der Waals surface area contributed by atoms with Gasteiger partial charge in [0.1, 0.15) is 11.6 Å². The van der Waals surface area contributed by atoms with Gasteiger partial charge in [0.2, 0.25) is 0 Å². The van der Waals surface area contributed by atoms with Crippen LogP contribution in [-0.2, 0) is 16.0 Å². The Morgan fingerprint density at radius 3 is 2.78 bits per heavy atom. The van der Waals surface area contributed by atoms with E-state index in [1.165, 1.54) is 0 Å². The number of rotatable bonds is 6. The van der Waals surface area contributed by atoms with Gasteiger partial charge in [-0.1, -0.05) is 6.92 Å². The topological polar surface area (TPSA) is 79.4 Å². The van der Waals surface area contributed by atoms with Crippen LogP contribution in [0.25, 0.3) is 0 Å². The van der Waals surface area contributed by atoms with Crippen molar-refractivity contribution in [3.05, 3.63) is 11.5 Å². The van der Waals surface area contributed by atoms with Crippen LogP contribution < -0.4 is 5.73 Å². The monoisotopic (exact) mass is 255 g/mol. The van der Waals surface area contributed by atoms with Crippen molar-refractivity contribution in [1.82, 2.24) is 9.55 Å². The summed E-state index contributed by atoms with van der Waals surface area (Å²) >= 11 is 0. The average Bonchev–Trinajstić information content (AvgIpc) is 2.58. The van der Waals surface area contributed by atoms with Crippen molar-refractivity contribution in [3.8, 4) is 0 Å². The summed E-state index contributed by atoms with van der Waals surface area (Å²) in [6, 6.07) is 0. The first-order valence-corrected chi connectivity index (χ1v) is 5.99. The molecule has 0 spiro atoms. The number of anilines is 1. The van der Waals surface area contributed by atoms with E-state index in [9.17, 15) is 4.79 Å². The summed E-state index contributed by atoms with van der Waals surface area (Å²) in [6.07, 6.45) is 0.